The summed E-state index contributed by atoms with van der Waals surface area (Å²) < 4.78 is 26.6. The number of nitrogens with zero attached hydrogens (tertiary/aromatic N) is 2. The van der Waals surface area contributed by atoms with Crippen LogP contribution in [0.4, 0.5) is 5.82 Å². The number of amides is 1. The summed E-state index contributed by atoms with van der Waals surface area (Å²) in [4.78, 5) is 18.4. The Kier molecular flexibility index (Phi) is 4.25. The molecular formula is C17H13N3O4S3. The van der Waals surface area contributed by atoms with Gasteiger partial charge in [0, 0.05) is 23.0 Å². The molecule has 27 heavy (non-hydrogen) atoms. The fourth-order valence-electron chi connectivity index (χ4n) is 2.66. The molecule has 0 aromatic carbocycles. The van der Waals surface area contributed by atoms with Gasteiger partial charge in [0.05, 0.1) is 4.88 Å². The van der Waals surface area contributed by atoms with Crippen molar-refractivity contribution in [2.24, 2.45) is 0 Å². The number of fused-ring (bicyclic) bond motifs is 1. The third kappa shape index (κ3) is 2.91. The molecule has 0 radical (unpaired) electrons. The quantitative estimate of drug-likeness (QED) is 0.678. The first-order valence-electron chi connectivity index (χ1n) is 7.72. The molecule has 0 saturated heterocycles. The van der Waals surface area contributed by atoms with Gasteiger partial charge in [0.1, 0.15) is 10.7 Å². The molecule has 0 aliphatic carbocycles. The maximum absolute atomic E-state index is 12.9. The number of hydrogen-bond acceptors (Lipinski definition) is 7. The molecule has 0 saturated carbocycles. The van der Waals surface area contributed by atoms with Crippen LogP contribution < -0.4 is 5.32 Å². The topological polar surface area (TPSA) is 99.6 Å². The van der Waals surface area contributed by atoms with E-state index in [0.29, 0.717) is 4.88 Å². The molecule has 1 amide bonds. The highest BCUT2D eigenvalue weighted by Crippen LogP contribution is 2.44. The number of carbonyl (C=O) groups excluding carboxylic acids is 1. The fraction of sp³-hybridized carbons (Fsp3) is 0.0588. The number of anilines is 1. The minimum Gasteiger partial charge on any atom is -0.504 e. The molecular weight excluding hydrogens is 406 g/mol. The Morgan fingerprint density at radius 2 is 2.04 bits per heavy atom. The lowest BCUT2D eigenvalue weighted by Crippen LogP contribution is -2.36. The molecule has 3 aromatic heterocycles. The van der Waals surface area contributed by atoms with Crippen LogP contribution in [0.3, 0.4) is 0 Å². The van der Waals surface area contributed by atoms with Gasteiger partial charge in [0.15, 0.2) is 11.5 Å². The minimum absolute atomic E-state index is 0.00899. The summed E-state index contributed by atoms with van der Waals surface area (Å²) in [6.07, 6.45) is 1.50. The molecule has 3 aromatic rings. The van der Waals surface area contributed by atoms with E-state index in [1.165, 1.54) is 30.6 Å². The van der Waals surface area contributed by atoms with E-state index in [0.717, 1.165) is 20.5 Å². The summed E-state index contributed by atoms with van der Waals surface area (Å²) in [6.45, 7) is 0. The molecule has 1 aliphatic rings. The van der Waals surface area contributed by atoms with E-state index >= 15 is 0 Å². The van der Waals surface area contributed by atoms with Crippen LogP contribution in [0.25, 0.3) is 15.5 Å². The van der Waals surface area contributed by atoms with Gasteiger partial charge in [-0.2, -0.15) is 0 Å². The zero-order chi connectivity index (χ0) is 19.2. The molecule has 0 spiro atoms. The van der Waals surface area contributed by atoms with Crippen molar-refractivity contribution < 1.29 is 18.3 Å². The van der Waals surface area contributed by atoms with Crippen molar-refractivity contribution in [3.63, 3.8) is 0 Å². The monoisotopic (exact) mass is 419 g/mol. The third-order valence-electron chi connectivity index (χ3n) is 3.98. The van der Waals surface area contributed by atoms with E-state index in [4.69, 9.17) is 0 Å². The van der Waals surface area contributed by atoms with Gasteiger partial charge in [0.25, 0.3) is 15.9 Å². The largest absolute Gasteiger partial charge is 0.504 e. The van der Waals surface area contributed by atoms with E-state index in [1.54, 1.807) is 18.2 Å². The van der Waals surface area contributed by atoms with Gasteiger partial charge in [-0.3, -0.25) is 9.10 Å². The summed E-state index contributed by atoms with van der Waals surface area (Å²) >= 11 is 2.60. The number of carbonyl (C=O) groups is 1. The van der Waals surface area contributed by atoms with E-state index < -0.39 is 15.9 Å². The lowest BCUT2D eigenvalue weighted by Gasteiger charge is -2.26. The molecule has 0 bridgehead atoms. The van der Waals surface area contributed by atoms with Crippen molar-refractivity contribution >= 4 is 50.2 Å². The Morgan fingerprint density at radius 3 is 2.70 bits per heavy atom. The molecule has 7 nitrogen and oxygen atoms in total. The Balaban J connectivity index is 1.81. The van der Waals surface area contributed by atoms with Crippen LogP contribution in [0.2, 0.25) is 0 Å². The smallest absolute Gasteiger partial charge is 0.278 e. The predicted molar refractivity (Wildman–Crippen MR) is 105 cm³/mol. The standard InChI is InChI=1S/C17H13N3O4S3/c1-20-14(17(22)19-13-6-2-3-7-18-13)15(21)16-12(27(20,23)24)9-11(26-16)10-5-4-8-25-10/h2-9,21H,1H3,(H,18,19,22). The second-order valence-electron chi connectivity index (χ2n) is 5.62. The number of aromatic nitrogens is 1. The van der Waals surface area contributed by atoms with Crippen molar-refractivity contribution in [1.29, 1.82) is 0 Å². The highest BCUT2D eigenvalue weighted by Gasteiger charge is 2.40. The Bertz CT molecular complexity index is 1150. The molecule has 0 fully saturated rings. The van der Waals surface area contributed by atoms with Gasteiger partial charge in [-0.15, -0.1) is 22.7 Å². The first kappa shape index (κ1) is 17.7. The number of nitrogens with one attached hydrogen (secondary N) is 1. The van der Waals surface area contributed by atoms with Crippen LogP contribution in [0.5, 0.6) is 0 Å². The number of sulfonamides is 1. The van der Waals surface area contributed by atoms with E-state index in [9.17, 15) is 18.3 Å². The normalized spacial score (nSPS) is 15.5. The molecule has 138 valence electrons. The molecule has 0 unspecified atom stereocenters. The molecule has 4 heterocycles. The van der Waals surface area contributed by atoms with Crippen molar-refractivity contribution in [1.82, 2.24) is 9.29 Å². The summed E-state index contributed by atoms with van der Waals surface area (Å²) in [5.74, 6) is -0.873. The average Bonchev–Trinajstić information content (AvgIpc) is 3.31. The first-order valence-corrected chi connectivity index (χ1v) is 10.9. The van der Waals surface area contributed by atoms with Crippen LogP contribution in [-0.4, -0.2) is 35.8 Å². The van der Waals surface area contributed by atoms with Crippen LogP contribution in [-0.2, 0) is 14.8 Å². The number of thiophene rings is 2. The van der Waals surface area contributed by atoms with Gasteiger partial charge in [-0.05, 0) is 29.6 Å². The number of likely N-dealkylation sites (N-methyl/N-ethyl adjacent to an activating group) is 1. The van der Waals surface area contributed by atoms with Crippen LogP contribution in [0.1, 0.15) is 4.88 Å². The maximum Gasteiger partial charge on any atom is 0.278 e. The van der Waals surface area contributed by atoms with Crippen molar-refractivity contribution in [3.8, 4) is 9.75 Å². The van der Waals surface area contributed by atoms with Crippen molar-refractivity contribution in [3.05, 3.63) is 58.5 Å². The lowest BCUT2D eigenvalue weighted by molar-refractivity contribution is -0.113. The van der Waals surface area contributed by atoms with E-state index in [1.807, 2.05) is 17.5 Å². The SMILES string of the molecule is CN1C(C(=O)Nc2ccccn2)=C(O)c2sc(-c3cccs3)cc2S1(=O)=O. The second-order valence-corrected chi connectivity index (χ2v) is 9.56. The highest BCUT2D eigenvalue weighted by atomic mass is 32.2. The van der Waals surface area contributed by atoms with Gasteiger partial charge >= 0.3 is 0 Å². The number of aliphatic hydroxyl groups excluding tert-OH is 1. The summed E-state index contributed by atoms with van der Waals surface area (Å²) in [6, 6.07) is 10.2. The summed E-state index contributed by atoms with van der Waals surface area (Å²) in [5, 5.41) is 15.1. The highest BCUT2D eigenvalue weighted by molar-refractivity contribution is 7.89. The molecule has 4 rings (SSSR count). The minimum atomic E-state index is -3.96. The molecule has 10 heteroatoms. The first-order chi connectivity index (χ1) is 12.9. The summed E-state index contributed by atoms with van der Waals surface area (Å²) in [5.41, 5.74) is -0.340. The van der Waals surface area contributed by atoms with Gasteiger partial charge in [0.2, 0.25) is 0 Å². The zero-order valence-electron chi connectivity index (χ0n) is 13.9. The Labute approximate surface area is 163 Å². The maximum atomic E-state index is 12.9. The lowest BCUT2D eigenvalue weighted by atomic mass is 10.2. The van der Waals surface area contributed by atoms with Crippen molar-refractivity contribution in [2.45, 2.75) is 4.90 Å². The van der Waals surface area contributed by atoms with E-state index in [2.05, 4.69) is 10.3 Å². The summed E-state index contributed by atoms with van der Waals surface area (Å²) in [7, 11) is -2.72. The van der Waals surface area contributed by atoms with Gasteiger partial charge < -0.3 is 10.4 Å². The molecule has 2 N–H and O–H groups in total. The average molecular weight is 420 g/mol. The Hall–Kier alpha value is -2.69. The number of rotatable bonds is 3. The fourth-order valence-corrected chi connectivity index (χ4v) is 6.30. The van der Waals surface area contributed by atoms with Crippen LogP contribution in [0, 0.1) is 0 Å². The van der Waals surface area contributed by atoms with Crippen molar-refractivity contribution in [2.75, 3.05) is 12.4 Å². The predicted octanol–water partition coefficient (Wildman–Crippen LogP) is 3.37. The van der Waals surface area contributed by atoms with Crippen LogP contribution >= 0.6 is 22.7 Å². The van der Waals surface area contributed by atoms with Crippen LogP contribution in [0.15, 0.2) is 58.6 Å². The number of pyridine rings is 1. The Morgan fingerprint density at radius 1 is 1.22 bits per heavy atom. The van der Waals surface area contributed by atoms with Gasteiger partial charge in [-0.1, -0.05) is 12.1 Å². The number of hydrogen-bond donors (Lipinski definition) is 2. The number of aliphatic hydroxyl groups is 1. The second kappa shape index (κ2) is 6.48. The molecule has 1 aliphatic heterocycles. The van der Waals surface area contributed by atoms with E-state index in [-0.39, 0.29) is 27.0 Å². The third-order valence-corrected chi connectivity index (χ3v) is 8.09. The van der Waals surface area contributed by atoms with Gasteiger partial charge in [-0.25, -0.2) is 13.4 Å². The zero-order valence-corrected chi connectivity index (χ0v) is 16.4. The molecule has 0 atom stereocenters.